The highest BCUT2D eigenvalue weighted by molar-refractivity contribution is 5.91. The number of nitrogens with one attached hydrogen (secondary N) is 1. The van der Waals surface area contributed by atoms with E-state index in [0.717, 1.165) is 24.7 Å². The molecule has 0 saturated heterocycles. The minimum Gasteiger partial charge on any atom is -0.618 e. The molecule has 2 fully saturated rings. The van der Waals surface area contributed by atoms with Crippen molar-refractivity contribution in [2.24, 2.45) is 11.8 Å². The highest BCUT2D eigenvalue weighted by Gasteiger charge is 2.35. The minimum atomic E-state index is -0.239. The van der Waals surface area contributed by atoms with Crippen LogP contribution in [0.4, 0.5) is 0 Å². The molecule has 4 heteroatoms. The van der Waals surface area contributed by atoms with Gasteiger partial charge in [0.15, 0.2) is 6.20 Å². The zero-order valence-electron chi connectivity index (χ0n) is 11.0. The van der Waals surface area contributed by atoms with E-state index >= 15 is 0 Å². The maximum Gasteiger partial charge on any atom is 0.317 e. The summed E-state index contributed by atoms with van der Waals surface area (Å²) in [5.41, 5.74) is 0.191. The van der Waals surface area contributed by atoms with Gasteiger partial charge in [-0.2, -0.15) is 4.73 Å². The van der Waals surface area contributed by atoms with Gasteiger partial charge in [-0.15, -0.1) is 0 Å². The van der Waals surface area contributed by atoms with Gasteiger partial charge in [0.2, 0.25) is 0 Å². The summed E-state index contributed by atoms with van der Waals surface area (Å²) in [5, 5.41) is 14.6. The molecule has 2 aliphatic rings. The average Bonchev–Trinajstić information content (AvgIpc) is 3.24. The van der Waals surface area contributed by atoms with E-state index in [1.807, 2.05) is 0 Å². The van der Waals surface area contributed by atoms with E-state index in [2.05, 4.69) is 5.32 Å². The summed E-state index contributed by atoms with van der Waals surface area (Å²) in [6, 6.07) is 5.17. The molecule has 1 amide bonds. The van der Waals surface area contributed by atoms with Gasteiger partial charge in [0.1, 0.15) is 0 Å². The predicted molar refractivity (Wildman–Crippen MR) is 71.3 cm³/mol. The number of amides is 1. The first-order chi connectivity index (χ1) is 9.24. The lowest BCUT2D eigenvalue weighted by atomic mass is 9.82. The van der Waals surface area contributed by atoms with Gasteiger partial charge in [0.05, 0.1) is 0 Å². The Balaban J connectivity index is 1.61. The molecular formula is C15H20N2O2. The first kappa shape index (κ1) is 12.5. The fourth-order valence-electron chi connectivity index (χ4n) is 3.22. The Hall–Kier alpha value is -1.58. The summed E-state index contributed by atoms with van der Waals surface area (Å²) in [4.78, 5) is 12.1. The van der Waals surface area contributed by atoms with E-state index in [-0.39, 0.29) is 17.6 Å². The zero-order chi connectivity index (χ0) is 13.2. The molecule has 3 rings (SSSR count). The maximum absolute atomic E-state index is 12.1. The fourth-order valence-corrected chi connectivity index (χ4v) is 3.22. The van der Waals surface area contributed by atoms with Crippen LogP contribution in [-0.4, -0.2) is 11.9 Å². The summed E-state index contributed by atoms with van der Waals surface area (Å²) in [6.45, 7) is 0. The summed E-state index contributed by atoms with van der Waals surface area (Å²) < 4.78 is 0.635. The third-order valence-corrected chi connectivity index (χ3v) is 4.40. The molecule has 1 aromatic heterocycles. The molecule has 2 aliphatic carbocycles. The Bertz CT molecular complexity index is 471. The monoisotopic (exact) mass is 260 g/mol. The molecule has 102 valence electrons. The summed E-state index contributed by atoms with van der Waals surface area (Å²) in [6.07, 6.45) is 8.73. The lowest BCUT2D eigenvalue weighted by Crippen LogP contribution is -2.44. The van der Waals surface area contributed by atoms with Gasteiger partial charge in [0.25, 0.3) is 5.69 Å². The van der Waals surface area contributed by atoms with Crippen molar-refractivity contribution in [3.05, 3.63) is 35.3 Å². The molecule has 0 radical (unpaired) electrons. The van der Waals surface area contributed by atoms with Gasteiger partial charge in [-0.25, -0.2) is 0 Å². The molecule has 2 atom stereocenters. The first-order valence-corrected chi connectivity index (χ1v) is 7.23. The number of carbonyl (C=O) groups is 1. The Morgan fingerprint density at radius 3 is 2.79 bits per heavy atom. The van der Waals surface area contributed by atoms with Crippen molar-refractivity contribution in [2.45, 2.75) is 44.6 Å². The Labute approximate surface area is 113 Å². The van der Waals surface area contributed by atoms with E-state index in [1.165, 1.54) is 31.9 Å². The van der Waals surface area contributed by atoms with Gasteiger partial charge in [-0.1, -0.05) is 12.8 Å². The van der Waals surface area contributed by atoms with Gasteiger partial charge in [-0.05, 0) is 43.6 Å². The average molecular weight is 260 g/mol. The van der Waals surface area contributed by atoms with Crippen LogP contribution in [0, 0.1) is 17.0 Å². The van der Waals surface area contributed by atoms with Crippen molar-refractivity contribution in [1.82, 2.24) is 5.32 Å². The Morgan fingerprint density at radius 2 is 2.05 bits per heavy atom. The number of rotatable bonds is 3. The van der Waals surface area contributed by atoms with Crippen molar-refractivity contribution in [1.29, 1.82) is 0 Å². The normalized spacial score (nSPS) is 26.9. The summed E-state index contributed by atoms with van der Waals surface area (Å²) >= 11 is 0. The molecule has 1 aromatic rings. The number of hydrogen-bond donors (Lipinski definition) is 1. The van der Waals surface area contributed by atoms with Crippen LogP contribution >= 0.6 is 0 Å². The molecular weight excluding hydrogens is 240 g/mol. The highest BCUT2D eigenvalue weighted by Crippen LogP contribution is 2.43. The highest BCUT2D eigenvalue weighted by atomic mass is 16.5. The van der Waals surface area contributed by atoms with Crippen molar-refractivity contribution in [2.75, 3.05) is 0 Å². The molecule has 2 saturated carbocycles. The predicted octanol–water partition coefficient (Wildman–Crippen LogP) is 2.02. The van der Waals surface area contributed by atoms with Gasteiger partial charge < -0.3 is 10.5 Å². The van der Waals surface area contributed by atoms with Crippen LogP contribution in [0.1, 0.15) is 49.0 Å². The Morgan fingerprint density at radius 1 is 1.21 bits per heavy atom. The van der Waals surface area contributed by atoms with Gasteiger partial charge >= 0.3 is 5.91 Å². The first-order valence-electron chi connectivity index (χ1n) is 7.23. The van der Waals surface area contributed by atoms with E-state index in [4.69, 9.17) is 0 Å². The molecule has 0 bridgehead atoms. The van der Waals surface area contributed by atoms with E-state index in [1.54, 1.807) is 18.2 Å². The lowest BCUT2D eigenvalue weighted by Gasteiger charge is -2.29. The van der Waals surface area contributed by atoms with Crippen LogP contribution in [0.25, 0.3) is 0 Å². The van der Waals surface area contributed by atoms with Gasteiger partial charge in [-0.3, -0.25) is 4.79 Å². The molecule has 1 heterocycles. The number of pyridine rings is 1. The van der Waals surface area contributed by atoms with Crippen molar-refractivity contribution in [3.8, 4) is 0 Å². The lowest BCUT2D eigenvalue weighted by molar-refractivity contribution is -0.607. The second kappa shape index (κ2) is 5.19. The number of carbonyl (C=O) groups excluding carboxylic acids is 1. The summed E-state index contributed by atoms with van der Waals surface area (Å²) in [5.74, 6) is 1.45. The smallest absolute Gasteiger partial charge is 0.317 e. The second-order valence-corrected chi connectivity index (χ2v) is 5.85. The molecule has 4 nitrogen and oxygen atoms in total. The van der Waals surface area contributed by atoms with Crippen LogP contribution in [0.5, 0.6) is 0 Å². The molecule has 1 N–H and O–H groups in total. The maximum atomic E-state index is 12.1. The zero-order valence-corrected chi connectivity index (χ0v) is 11.0. The SMILES string of the molecule is O=C(N[C@H]1CCC[C@@H](C2CC2)C1)c1cccc[n+]1[O-]. The minimum absolute atomic E-state index is 0.191. The molecule has 0 aromatic carbocycles. The van der Waals surface area contributed by atoms with Crippen LogP contribution < -0.4 is 10.0 Å². The van der Waals surface area contributed by atoms with E-state index in [9.17, 15) is 10.0 Å². The molecule has 0 spiro atoms. The number of hydrogen-bond acceptors (Lipinski definition) is 2. The largest absolute Gasteiger partial charge is 0.618 e. The Kier molecular flexibility index (Phi) is 3.40. The fraction of sp³-hybridized carbons (Fsp3) is 0.600. The third kappa shape index (κ3) is 2.88. The molecule has 0 unspecified atom stereocenters. The van der Waals surface area contributed by atoms with E-state index in [0.29, 0.717) is 4.73 Å². The number of nitrogens with zero attached hydrogens (tertiary/aromatic N) is 1. The van der Waals surface area contributed by atoms with Crippen molar-refractivity contribution < 1.29 is 9.52 Å². The topological polar surface area (TPSA) is 56.0 Å². The van der Waals surface area contributed by atoms with Crippen molar-refractivity contribution in [3.63, 3.8) is 0 Å². The quantitative estimate of drug-likeness (QED) is 0.667. The molecule has 0 aliphatic heterocycles. The van der Waals surface area contributed by atoms with Crippen molar-refractivity contribution >= 4 is 5.91 Å². The third-order valence-electron chi connectivity index (χ3n) is 4.40. The van der Waals surface area contributed by atoms with Gasteiger partial charge in [0, 0.05) is 18.2 Å². The second-order valence-electron chi connectivity index (χ2n) is 5.85. The number of aromatic nitrogens is 1. The van der Waals surface area contributed by atoms with Crippen LogP contribution in [0.2, 0.25) is 0 Å². The van der Waals surface area contributed by atoms with Crippen LogP contribution in [0.3, 0.4) is 0 Å². The van der Waals surface area contributed by atoms with E-state index < -0.39 is 0 Å². The summed E-state index contributed by atoms with van der Waals surface area (Å²) in [7, 11) is 0. The standard InChI is InChI=1S/C15H20N2O2/c18-15(14-6-1-2-9-17(14)19)16-13-5-3-4-12(10-13)11-7-8-11/h1-2,6,9,11-13H,3-5,7-8,10H2,(H,16,18)/t12-,13+/m1/s1. The van der Waals surface area contributed by atoms with Crippen LogP contribution in [-0.2, 0) is 0 Å². The molecule has 19 heavy (non-hydrogen) atoms. The van der Waals surface area contributed by atoms with Crippen LogP contribution in [0.15, 0.2) is 24.4 Å².